The molecule has 128 valence electrons. The molecule has 1 aliphatic carbocycles. The van der Waals surface area contributed by atoms with Gasteiger partial charge in [0.15, 0.2) is 5.11 Å². The van der Waals surface area contributed by atoms with Gasteiger partial charge in [-0.25, -0.2) is 0 Å². The van der Waals surface area contributed by atoms with E-state index >= 15 is 0 Å². The number of likely N-dealkylation sites (N-methyl/N-ethyl adjacent to an activating group) is 1. The van der Waals surface area contributed by atoms with Crippen molar-refractivity contribution in [3.8, 4) is 5.75 Å². The maximum absolute atomic E-state index is 13.0. The summed E-state index contributed by atoms with van der Waals surface area (Å²) in [7, 11) is 3.49. The Morgan fingerprint density at radius 1 is 1.29 bits per heavy atom. The van der Waals surface area contributed by atoms with Crippen LogP contribution in [-0.2, 0) is 4.79 Å². The molecule has 2 fully saturated rings. The van der Waals surface area contributed by atoms with Gasteiger partial charge in [0.25, 0.3) is 5.91 Å². The fraction of sp³-hybridized carbons (Fsp3) is 0.444. The van der Waals surface area contributed by atoms with Gasteiger partial charge >= 0.3 is 0 Å². The highest BCUT2D eigenvalue weighted by atomic mass is 79.9. The molecule has 1 heterocycles. The van der Waals surface area contributed by atoms with Gasteiger partial charge in [-0.1, -0.05) is 35.2 Å². The van der Waals surface area contributed by atoms with E-state index < -0.39 is 0 Å². The van der Waals surface area contributed by atoms with Crippen molar-refractivity contribution in [2.45, 2.75) is 38.1 Å². The molecule has 0 unspecified atom stereocenters. The molecular formula is C18H21BrN2O2S. The maximum atomic E-state index is 13.0. The number of nitrogens with zero attached hydrogens (tertiary/aromatic N) is 2. The molecule has 1 aromatic rings. The Labute approximate surface area is 156 Å². The highest BCUT2D eigenvalue weighted by Gasteiger charge is 2.40. The third kappa shape index (κ3) is 3.22. The van der Waals surface area contributed by atoms with Crippen molar-refractivity contribution in [1.29, 1.82) is 0 Å². The van der Waals surface area contributed by atoms with E-state index in [1.54, 1.807) is 7.11 Å². The van der Waals surface area contributed by atoms with Crippen LogP contribution in [-0.4, -0.2) is 41.0 Å². The predicted octanol–water partition coefficient (Wildman–Crippen LogP) is 4.19. The van der Waals surface area contributed by atoms with Gasteiger partial charge in [-0.3, -0.25) is 9.69 Å². The van der Waals surface area contributed by atoms with Crippen LogP contribution < -0.4 is 4.74 Å². The Kier molecular flexibility index (Phi) is 5.25. The number of amides is 1. The van der Waals surface area contributed by atoms with Crippen LogP contribution in [0.5, 0.6) is 5.75 Å². The van der Waals surface area contributed by atoms with Crippen LogP contribution in [0.4, 0.5) is 0 Å². The largest absolute Gasteiger partial charge is 0.496 e. The maximum Gasteiger partial charge on any atom is 0.277 e. The highest BCUT2D eigenvalue weighted by Crippen LogP contribution is 2.32. The summed E-state index contributed by atoms with van der Waals surface area (Å²) in [5.74, 6) is 0.727. The molecule has 1 saturated carbocycles. The zero-order chi connectivity index (χ0) is 17.3. The van der Waals surface area contributed by atoms with Crippen molar-refractivity contribution in [1.82, 2.24) is 9.80 Å². The minimum atomic E-state index is -0.00331. The van der Waals surface area contributed by atoms with Crippen LogP contribution in [0.15, 0.2) is 28.4 Å². The van der Waals surface area contributed by atoms with Crippen molar-refractivity contribution in [2.75, 3.05) is 14.2 Å². The molecule has 3 rings (SSSR count). The van der Waals surface area contributed by atoms with Gasteiger partial charge in [-0.15, -0.1) is 0 Å². The zero-order valence-electron chi connectivity index (χ0n) is 13.9. The SMILES string of the molecule is COc1ccc(Br)cc1/C=C1/C(=O)N(C2CCCCC2)C(=S)N1C. The van der Waals surface area contributed by atoms with E-state index in [2.05, 4.69) is 15.9 Å². The van der Waals surface area contributed by atoms with Gasteiger partial charge in [0.1, 0.15) is 11.4 Å². The molecule has 0 N–H and O–H groups in total. The van der Waals surface area contributed by atoms with Gasteiger partial charge in [-0.05, 0) is 49.3 Å². The Hall–Kier alpha value is -1.40. The number of benzene rings is 1. The quantitative estimate of drug-likeness (QED) is 0.554. The third-order valence-corrected chi connectivity index (χ3v) is 5.68. The first-order valence-corrected chi connectivity index (χ1v) is 9.39. The molecule has 0 spiro atoms. The summed E-state index contributed by atoms with van der Waals surface area (Å²) in [5.41, 5.74) is 1.46. The van der Waals surface area contributed by atoms with Crippen LogP contribution >= 0.6 is 28.1 Å². The molecule has 0 radical (unpaired) electrons. The normalized spacial score (nSPS) is 21.0. The molecule has 0 bridgehead atoms. The molecule has 4 nitrogen and oxygen atoms in total. The van der Waals surface area contributed by atoms with Crippen molar-refractivity contribution >= 4 is 45.2 Å². The fourth-order valence-corrected chi connectivity index (χ4v) is 4.11. The first kappa shape index (κ1) is 17.4. The highest BCUT2D eigenvalue weighted by molar-refractivity contribution is 9.10. The van der Waals surface area contributed by atoms with Gasteiger partial charge in [0.2, 0.25) is 0 Å². The summed E-state index contributed by atoms with van der Waals surface area (Å²) in [6.07, 6.45) is 7.51. The van der Waals surface area contributed by atoms with Crippen molar-refractivity contribution < 1.29 is 9.53 Å². The van der Waals surface area contributed by atoms with Gasteiger partial charge in [0.05, 0.1) is 7.11 Å². The summed E-state index contributed by atoms with van der Waals surface area (Å²) >= 11 is 9.02. The lowest BCUT2D eigenvalue weighted by atomic mass is 9.94. The molecular weight excluding hydrogens is 388 g/mol. The smallest absolute Gasteiger partial charge is 0.277 e. The van der Waals surface area contributed by atoms with Gasteiger partial charge in [-0.2, -0.15) is 0 Å². The summed E-state index contributed by atoms with van der Waals surface area (Å²) in [5, 5.41) is 0.604. The van der Waals surface area contributed by atoms with Crippen LogP contribution in [0.2, 0.25) is 0 Å². The molecule has 1 aromatic carbocycles. The molecule has 0 atom stereocenters. The number of hydrogen-bond donors (Lipinski definition) is 0. The summed E-state index contributed by atoms with van der Waals surface area (Å²) < 4.78 is 6.35. The molecule has 1 amide bonds. The monoisotopic (exact) mass is 408 g/mol. The standard InChI is InChI=1S/C18H21BrN2O2S/c1-20-15(11-12-10-13(19)8-9-16(12)23-2)17(22)21(18(20)24)14-6-4-3-5-7-14/h8-11,14H,3-7H2,1-2H3/b15-11-. The lowest BCUT2D eigenvalue weighted by Gasteiger charge is -2.30. The number of thiocarbonyl (C=S) groups is 1. The Morgan fingerprint density at radius 2 is 2.00 bits per heavy atom. The Balaban J connectivity index is 1.95. The second kappa shape index (κ2) is 7.23. The van der Waals surface area contributed by atoms with Crippen molar-refractivity contribution in [3.05, 3.63) is 33.9 Å². The molecule has 0 aromatic heterocycles. The van der Waals surface area contributed by atoms with E-state index in [0.717, 1.165) is 28.6 Å². The van der Waals surface area contributed by atoms with Crippen LogP contribution in [0.25, 0.3) is 6.08 Å². The number of rotatable bonds is 3. The molecule has 6 heteroatoms. The topological polar surface area (TPSA) is 32.8 Å². The number of hydrogen-bond acceptors (Lipinski definition) is 3. The lowest BCUT2D eigenvalue weighted by molar-refractivity contribution is -0.124. The van der Waals surface area contributed by atoms with E-state index in [1.165, 1.54) is 19.3 Å². The summed E-state index contributed by atoms with van der Waals surface area (Å²) in [4.78, 5) is 16.6. The number of carbonyl (C=O) groups is 1. The van der Waals surface area contributed by atoms with Crippen LogP contribution in [0.1, 0.15) is 37.7 Å². The van der Waals surface area contributed by atoms with E-state index in [0.29, 0.717) is 10.8 Å². The summed E-state index contributed by atoms with van der Waals surface area (Å²) in [6, 6.07) is 5.98. The molecule has 1 aliphatic heterocycles. The molecule has 2 aliphatic rings. The number of halogens is 1. The van der Waals surface area contributed by atoms with E-state index in [9.17, 15) is 4.79 Å². The average Bonchev–Trinajstić information content (AvgIpc) is 2.79. The number of carbonyl (C=O) groups excluding carboxylic acids is 1. The van der Waals surface area contributed by atoms with Crippen LogP contribution in [0, 0.1) is 0 Å². The van der Waals surface area contributed by atoms with E-state index in [-0.39, 0.29) is 11.9 Å². The zero-order valence-corrected chi connectivity index (χ0v) is 16.3. The second-order valence-electron chi connectivity index (χ2n) is 6.22. The third-order valence-electron chi connectivity index (χ3n) is 4.72. The van der Waals surface area contributed by atoms with Crippen molar-refractivity contribution in [3.63, 3.8) is 0 Å². The second-order valence-corrected chi connectivity index (χ2v) is 7.51. The minimum Gasteiger partial charge on any atom is -0.496 e. The summed E-state index contributed by atoms with van der Waals surface area (Å²) in [6.45, 7) is 0. The number of methoxy groups -OCH3 is 1. The minimum absolute atomic E-state index is 0.00331. The van der Waals surface area contributed by atoms with Crippen LogP contribution in [0.3, 0.4) is 0 Å². The molecule has 24 heavy (non-hydrogen) atoms. The van der Waals surface area contributed by atoms with Gasteiger partial charge in [0, 0.05) is 23.1 Å². The molecule has 1 saturated heterocycles. The lowest BCUT2D eigenvalue weighted by Crippen LogP contribution is -2.41. The van der Waals surface area contributed by atoms with Crippen molar-refractivity contribution in [2.24, 2.45) is 0 Å². The first-order valence-electron chi connectivity index (χ1n) is 8.19. The van der Waals surface area contributed by atoms with Gasteiger partial charge < -0.3 is 9.64 Å². The number of ether oxygens (including phenoxy) is 1. The van der Waals surface area contributed by atoms with E-state index in [1.807, 2.05) is 41.1 Å². The van der Waals surface area contributed by atoms with E-state index in [4.69, 9.17) is 17.0 Å². The first-order chi connectivity index (χ1) is 11.5. The predicted molar refractivity (Wildman–Crippen MR) is 103 cm³/mol. The Bertz CT molecular complexity index is 698. The fourth-order valence-electron chi connectivity index (χ4n) is 3.40. The Morgan fingerprint density at radius 3 is 2.67 bits per heavy atom. The average molecular weight is 409 g/mol.